The lowest BCUT2D eigenvalue weighted by Crippen LogP contribution is -2.62. The van der Waals surface area contributed by atoms with E-state index in [1.807, 2.05) is 0 Å². The van der Waals surface area contributed by atoms with Gasteiger partial charge in [0.25, 0.3) is 6.71 Å². The number of benzene rings is 7. The maximum Gasteiger partial charge on any atom is 0.252 e. The van der Waals surface area contributed by atoms with E-state index < -0.39 is 0 Å². The molecule has 0 saturated carbocycles. The Bertz CT molecular complexity index is 3100. The van der Waals surface area contributed by atoms with Crippen LogP contribution in [-0.2, 0) is 27.1 Å². The molecule has 5 aliphatic rings. The number of para-hydroxylation sites is 3. The highest BCUT2D eigenvalue weighted by molar-refractivity contribution is 7.00. The Morgan fingerprint density at radius 2 is 0.769 bits per heavy atom. The number of hydrogen-bond acceptors (Lipinski definition) is 3. The van der Waals surface area contributed by atoms with Crippen LogP contribution in [0.1, 0.15) is 128 Å². The first-order chi connectivity index (χ1) is 31.0. The summed E-state index contributed by atoms with van der Waals surface area (Å²) in [5, 5.41) is 0. The molecule has 0 N–H and O–H groups in total. The zero-order chi connectivity index (χ0) is 45.0. The molecule has 7 aromatic rings. The van der Waals surface area contributed by atoms with Crippen molar-refractivity contribution in [1.82, 2.24) is 0 Å². The van der Waals surface area contributed by atoms with Gasteiger partial charge in [0.15, 0.2) is 0 Å². The summed E-state index contributed by atoms with van der Waals surface area (Å²) in [5.41, 5.74) is 24.1. The van der Waals surface area contributed by atoms with E-state index in [4.69, 9.17) is 0 Å². The number of anilines is 9. The Balaban J connectivity index is 1.19. The maximum absolute atomic E-state index is 2.69. The van der Waals surface area contributed by atoms with Gasteiger partial charge in [-0.3, -0.25) is 0 Å². The lowest BCUT2D eigenvalue weighted by atomic mass is 9.33. The third-order valence-corrected chi connectivity index (χ3v) is 16.9. The first-order valence-corrected chi connectivity index (χ1v) is 24.2. The molecule has 0 bridgehead atoms. The molecular weight excluding hydrogens is 786 g/mol. The number of nitrogens with zero attached hydrogens (tertiary/aromatic N) is 3. The van der Waals surface area contributed by atoms with E-state index in [1.54, 1.807) is 0 Å². The molecule has 0 unspecified atom stereocenters. The van der Waals surface area contributed by atoms with E-state index in [2.05, 4.69) is 230 Å². The monoisotopic (exact) mass is 848 g/mol. The minimum absolute atomic E-state index is 0.0185. The third-order valence-electron chi connectivity index (χ3n) is 16.9. The smallest absolute Gasteiger partial charge is 0.252 e. The molecule has 12 rings (SSSR count). The van der Waals surface area contributed by atoms with Crippen molar-refractivity contribution in [2.75, 3.05) is 14.7 Å². The van der Waals surface area contributed by atoms with Crippen LogP contribution in [0.2, 0.25) is 0 Å². The van der Waals surface area contributed by atoms with Crippen LogP contribution in [0, 0.1) is 0 Å². The quantitative estimate of drug-likeness (QED) is 0.164. The molecule has 324 valence electrons. The molecule has 0 aromatic heterocycles. The zero-order valence-corrected chi connectivity index (χ0v) is 40.1. The number of hydrogen-bond donors (Lipinski definition) is 0. The predicted octanol–water partition coefficient (Wildman–Crippen LogP) is 14.6. The molecule has 0 saturated heterocycles. The fourth-order valence-corrected chi connectivity index (χ4v) is 12.9. The molecule has 0 fully saturated rings. The first kappa shape index (κ1) is 40.5. The van der Waals surface area contributed by atoms with E-state index in [9.17, 15) is 0 Å². The fraction of sp³-hybridized carbons (Fsp3) is 0.311. The Labute approximate surface area is 388 Å². The lowest BCUT2D eigenvalue weighted by molar-refractivity contribution is 0.332. The van der Waals surface area contributed by atoms with E-state index in [-0.39, 0.29) is 33.8 Å². The van der Waals surface area contributed by atoms with Crippen molar-refractivity contribution in [2.45, 2.75) is 122 Å². The van der Waals surface area contributed by atoms with Crippen molar-refractivity contribution in [1.29, 1.82) is 0 Å². The SMILES string of the molecule is CC1(C)CCC(C)(C)c2cc(N3c4cc5c(cc4B4c6cc7c(cc6N(c6ccccc6)c6cccc3c64)N(c3ccccc3)c3ccccc3C7(C)C)C(C)(C)CCC5(C)C)ccc21. The standard InChI is InChI=1S/C61H62BN3/c1-57(2)30-31-58(3,4)44-34-41(28-29-42(44)57)65-52-27-19-26-51-56(52)62(48-35-45-46(37-54(48)65)60(7,8)33-32-59(45,5)6)49-36-47-53(38-55(49)64(51)40-22-15-12-16-23-40)63(39-20-13-11-14-21-39)50-25-18-17-24-43(50)61(47,9)10/h11-29,34-38H,30-33H2,1-10H3. The van der Waals surface area contributed by atoms with Crippen molar-refractivity contribution in [3.05, 3.63) is 179 Å². The van der Waals surface area contributed by atoms with Gasteiger partial charge in [-0.2, -0.15) is 0 Å². The minimum atomic E-state index is -0.251. The van der Waals surface area contributed by atoms with Crippen LogP contribution in [0.5, 0.6) is 0 Å². The van der Waals surface area contributed by atoms with E-state index in [1.165, 1.54) is 127 Å². The summed E-state index contributed by atoms with van der Waals surface area (Å²) in [4.78, 5) is 7.76. The van der Waals surface area contributed by atoms with Gasteiger partial charge < -0.3 is 14.7 Å². The molecule has 4 heteroatoms. The molecule has 65 heavy (non-hydrogen) atoms. The van der Waals surface area contributed by atoms with E-state index >= 15 is 0 Å². The average molecular weight is 848 g/mol. The van der Waals surface area contributed by atoms with Crippen molar-refractivity contribution >= 4 is 74.3 Å². The summed E-state index contributed by atoms with van der Waals surface area (Å²) in [6.45, 7) is 24.6. The Hall–Kier alpha value is -6.00. The molecule has 3 heterocycles. The molecule has 3 nitrogen and oxygen atoms in total. The minimum Gasteiger partial charge on any atom is -0.311 e. The van der Waals surface area contributed by atoms with Gasteiger partial charge in [-0.15, -0.1) is 0 Å². The Kier molecular flexibility index (Phi) is 8.44. The second kappa shape index (κ2) is 13.5. The number of rotatable bonds is 3. The highest BCUT2D eigenvalue weighted by Gasteiger charge is 2.49. The average Bonchev–Trinajstić information content (AvgIpc) is 3.29. The van der Waals surface area contributed by atoms with Crippen LogP contribution in [0.15, 0.2) is 146 Å². The maximum atomic E-state index is 2.69. The van der Waals surface area contributed by atoms with Gasteiger partial charge in [0, 0.05) is 45.2 Å². The summed E-state index contributed by atoms with van der Waals surface area (Å²) in [7, 11) is 0. The summed E-state index contributed by atoms with van der Waals surface area (Å²) < 4.78 is 0. The van der Waals surface area contributed by atoms with Crippen molar-refractivity contribution < 1.29 is 0 Å². The lowest BCUT2D eigenvalue weighted by Gasteiger charge is -2.49. The highest BCUT2D eigenvalue weighted by Crippen LogP contribution is 2.56. The van der Waals surface area contributed by atoms with Crippen LogP contribution < -0.4 is 31.1 Å². The van der Waals surface area contributed by atoms with E-state index in [0.29, 0.717) is 0 Å². The summed E-state index contributed by atoms with van der Waals surface area (Å²) in [6, 6.07) is 56.3. The molecule has 0 radical (unpaired) electrons. The second-order valence-corrected chi connectivity index (χ2v) is 23.1. The molecule has 0 spiro atoms. The molecule has 3 aliphatic heterocycles. The van der Waals surface area contributed by atoms with Gasteiger partial charge in [0.05, 0.1) is 11.4 Å². The van der Waals surface area contributed by atoms with Crippen molar-refractivity contribution in [3.8, 4) is 0 Å². The van der Waals surface area contributed by atoms with Gasteiger partial charge in [0.2, 0.25) is 0 Å². The van der Waals surface area contributed by atoms with Gasteiger partial charge in [-0.05, 0) is 164 Å². The zero-order valence-electron chi connectivity index (χ0n) is 40.1. The molecule has 0 amide bonds. The fourth-order valence-electron chi connectivity index (χ4n) is 12.9. The van der Waals surface area contributed by atoms with Gasteiger partial charge >= 0.3 is 0 Å². The summed E-state index contributed by atoms with van der Waals surface area (Å²) in [5.74, 6) is 0. The predicted molar refractivity (Wildman–Crippen MR) is 278 cm³/mol. The van der Waals surface area contributed by atoms with Crippen LogP contribution in [0.3, 0.4) is 0 Å². The van der Waals surface area contributed by atoms with E-state index in [0.717, 1.165) is 0 Å². The second-order valence-electron chi connectivity index (χ2n) is 23.1. The number of fused-ring (bicyclic) bond motifs is 8. The van der Waals surface area contributed by atoms with Crippen LogP contribution in [0.25, 0.3) is 0 Å². The van der Waals surface area contributed by atoms with Crippen molar-refractivity contribution in [3.63, 3.8) is 0 Å². The normalized spacial score (nSPS) is 19.5. The van der Waals surface area contributed by atoms with Gasteiger partial charge in [-0.25, -0.2) is 0 Å². The topological polar surface area (TPSA) is 9.72 Å². The molecule has 2 aliphatic carbocycles. The highest BCUT2D eigenvalue weighted by atomic mass is 15.2. The summed E-state index contributed by atoms with van der Waals surface area (Å²) >= 11 is 0. The van der Waals surface area contributed by atoms with Gasteiger partial charge in [0.1, 0.15) is 0 Å². The first-order valence-electron chi connectivity index (χ1n) is 24.2. The van der Waals surface area contributed by atoms with Crippen LogP contribution in [0.4, 0.5) is 51.2 Å². The molecule has 0 atom stereocenters. The molecule has 7 aromatic carbocycles. The van der Waals surface area contributed by atoms with Crippen molar-refractivity contribution in [2.24, 2.45) is 0 Å². The largest absolute Gasteiger partial charge is 0.311 e. The Morgan fingerprint density at radius 3 is 1.37 bits per heavy atom. The van der Waals surface area contributed by atoms with Gasteiger partial charge in [-0.1, -0.05) is 148 Å². The van der Waals surface area contributed by atoms with Crippen LogP contribution >= 0.6 is 0 Å². The summed E-state index contributed by atoms with van der Waals surface area (Å²) in [6.07, 6.45) is 4.73. The third kappa shape index (κ3) is 5.74. The molecular formula is C61H62BN3. The van der Waals surface area contributed by atoms with Crippen LogP contribution in [-0.4, -0.2) is 6.71 Å². The Morgan fingerprint density at radius 1 is 0.323 bits per heavy atom.